The summed E-state index contributed by atoms with van der Waals surface area (Å²) < 4.78 is 56.7. The molecule has 166 valence electrons. The zero-order valence-corrected chi connectivity index (χ0v) is 18.8. The van der Waals surface area contributed by atoms with Gasteiger partial charge in [-0.15, -0.1) is 0 Å². The van der Waals surface area contributed by atoms with Crippen LogP contribution in [0.1, 0.15) is 39.2 Å². The van der Waals surface area contributed by atoms with Crippen molar-refractivity contribution in [1.82, 2.24) is 0 Å². The van der Waals surface area contributed by atoms with Crippen molar-refractivity contribution in [3.63, 3.8) is 0 Å². The van der Waals surface area contributed by atoms with Gasteiger partial charge in [-0.1, -0.05) is 31.5 Å². The Hall–Kier alpha value is -1.48. The van der Waals surface area contributed by atoms with E-state index in [1.165, 1.54) is 12.1 Å². The van der Waals surface area contributed by atoms with Gasteiger partial charge in [-0.05, 0) is 37.1 Å². The van der Waals surface area contributed by atoms with Crippen molar-refractivity contribution in [3.05, 3.63) is 46.3 Å². The third-order valence-corrected chi connectivity index (χ3v) is 7.63. The lowest BCUT2D eigenvalue weighted by molar-refractivity contribution is -0.276. The highest BCUT2D eigenvalue weighted by molar-refractivity contribution is 7.91. The second kappa shape index (κ2) is 8.57. The Morgan fingerprint density at radius 3 is 2.57 bits per heavy atom. The average Bonchev–Trinajstić information content (AvgIpc) is 2.67. The molecule has 30 heavy (non-hydrogen) atoms. The quantitative estimate of drug-likeness (QED) is 0.621. The standard InChI is InChI=1S/C21H26ClFO6S/c1-4-27-19(24)16-10-21(28-12-20(2,3)13-29-21)8-7-18(16)30(25,26)11-14-5-6-15(23)9-17(14)22/h5-6,9-10,18H,4,7-8,11-13H2,1-3H3. The third-order valence-electron chi connectivity index (χ3n) is 5.21. The Kier molecular flexibility index (Phi) is 6.63. The molecule has 0 saturated carbocycles. The van der Waals surface area contributed by atoms with E-state index in [2.05, 4.69) is 0 Å². The molecule has 1 heterocycles. The maximum absolute atomic E-state index is 13.3. The first-order chi connectivity index (χ1) is 14.0. The predicted molar refractivity (Wildman–Crippen MR) is 110 cm³/mol. The van der Waals surface area contributed by atoms with E-state index in [-0.39, 0.29) is 41.0 Å². The van der Waals surface area contributed by atoms with E-state index in [0.29, 0.717) is 13.2 Å². The fourth-order valence-corrected chi connectivity index (χ4v) is 5.80. The van der Waals surface area contributed by atoms with Crippen LogP contribution in [0.15, 0.2) is 29.8 Å². The maximum Gasteiger partial charge on any atom is 0.335 e. The van der Waals surface area contributed by atoms with E-state index >= 15 is 0 Å². The lowest BCUT2D eigenvalue weighted by Gasteiger charge is -2.44. The minimum absolute atomic E-state index is 0.000963. The number of benzene rings is 1. The minimum Gasteiger partial charge on any atom is -0.463 e. The van der Waals surface area contributed by atoms with Gasteiger partial charge in [-0.25, -0.2) is 17.6 Å². The van der Waals surface area contributed by atoms with Crippen LogP contribution in [-0.2, 0) is 34.6 Å². The summed E-state index contributed by atoms with van der Waals surface area (Å²) in [5, 5.41) is -1.07. The number of sulfone groups is 1. The molecule has 1 aromatic rings. The van der Waals surface area contributed by atoms with Crippen LogP contribution in [0.25, 0.3) is 0 Å². The van der Waals surface area contributed by atoms with Crippen LogP contribution in [0.4, 0.5) is 4.39 Å². The van der Waals surface area contributed by atoms with Gasteiger partial charge in [0, 0.05) is 16.9 Å². The van der Waals surface area contributed by atoms with Gasteiger partial charge < -0.3 is 14.2 Å². The van der Waals surface area contributed by atoms with E-state index in [1.54, 1.807) is 6.92 Å². The highest BCUT2D eigenvalue weighted by atomic mass is 35.5. The van der Waals surface area contributed by atoms with Crippen LogP contribution >= 0.6 is 11.6 Å². The van der Waals surface area contributed by atoms with Crippen molar-refractivity contribution in [2.75, 3.05) is 19.8 Å². The second-order valence-corrected chi connectivity index (χ2v) is 11.0. The van der Waals surface area contributed by atoms with Gasteiger partial charge in [0.2, 0.25) is 0 Å². The molecular weight excluding hydrogens is 435 g/mol. The van der Waals surface area contributed by atoms with E-state index in [4.69, 9.17) is 25.8 Å². The summed E-state index contributed by atoms with van der Waals surface area (Å²) in [6, 6.07) is 3.55. The van der Waals surface area contributed by atoms with E-state index in [0.717, 1.165) is 12.1 Å². The number of esters is 1. The SMILES string of the molecule is CCOC(=O)C1=CC2(CCC1S(=O)(=O)Cc1ccc(F)cc1Cl)OCC(C)(C)CO2. The molecule has 6 nitrogen and oxygen atoms in total. The number of rotatable bonds is 5. The van der Waals surface area contributed by atoms with Gasteiger partial charge in [0.1, 0.15) is 5.82 Å². The summed E-state index contributed by atoms with van der Waals surface area (Å²) in [6.45, 7) is 6.59. The van der Waals surface area contributed by atoms with Crippen LogP contribution in [0.5, 0.6) is 0 Å². The van der Waals surface area contributed by atoms with E-state index in [1.807, 2.05) is 13.8 Å². The summed E-state index contributed by atoms with van der Waals surface area (Å²) >= 11 is 6.02. The first-order valence-electron chi connectivity index (χ1n) is 9.80. The molecule has 0 aromatic heterocycles. The zero-order valence-electron chi connectivity index (χ0n) is 17.2. The number of hydrogen-bond acceptors (Lipinski definition) is 6. The molecule has 0 bridgehead atoms. The first kappa shape index (κ1) is 23.2. The lowest BCUT2D eigenvalue weighted by Crippen LogP contribution is -2.50. The van der Waals surface area contributed by atoms with Crippen molar-refractivity contribution in [3.8, 4) is 0 Å². The topological polar surface area (TPSA) is 78.9 Å². The van der Waals surface area contributed by atoms with Gasteiger partial charge >= 0.3 is 5.97 Å². The molecule has 1 atom stereocenters. The molecule has 1 aromatic carbocycles. The number of carbonyl (C=O) groups is 1. The summed E-state index contributed by atoms with van der Waals surface area (Å²) in [5.74, 6) is -2.83. The summed E-state index contributed by atoms with van der Waals surface area (Å²) in [4.78, 5) is 12.6. The van der Waals surface area contributed by atoms with Crippen LogP contribution in [-0.4, -0.2) is 45.2 Å². The molecule has 0 radical (unpaired) electrons. The largest absolute Gasteiger partial charge is 0.463 e. The number of halogens is 2. The second-order valence-electron chi connectivity index (χ2n) is 8.44. The molecule has 3 rings (SSSR count). The molecule has 1 aliphatic heterocycles. The first-order valence-corrected chi connectivity index (χ1v) is 11.9. The van der Waals surface area contributed by atoms with Crippen LogP contribution in [0.2, 0.25) is 5.02 Å². The van der Waals surface area contributed by atoms with Crippen molar-refractivity contribution >= 4 is 27.4 Å². The fraction of sp³-hybridized carbons (Fsp3) is 0.571. The van der Waals surface area contributed by atoms with Crippen molar-refractivity contribution in [2.24, 2.45) is 5.41 Å². The van der Waals surface area contributed by atoms with Crippen molar-refractivity contribution < 1.29 is 31.8 Å². The highest BCUT2D eigenvalue weighted by Gasteiger charge is 2.47. The number of ether oxygens (including phenoxy) is 3. The Morgan fingerprint density at radius 1 is 1.30 bits per heavy atom. The van der Waals surface area contributed by atoms with E-state index < -0.39 is 38.4 Å². The molecular formula is C21H26ClFO6S. The minimum atomic E-state index is -3.85. The Morgan fingerprint density at radius 2 is 1.97 bits per heavy atom. The smallest absolute Gasteiger partial charge is 0.335 e. The Bertz CT molecular complexity index is 946. The monoisotopic (exact) mass is 460 g/mol. The van der Waals surface area contributed by atoms with E-state index in [9.17, 15) is 17.6 Å². The van der Waals surface area contributed by atoms with Gasteiger partial charge in [-0.2, -0.15) is 0 Å². The van der Waals surface area contributed by atoms with Gasteiger partial charge in [-0.3, -0.25) is 0 Å². The molecule has 9 heteroatoms. The average molecular weight is 461 g/mol. The summed E-state index contributed by atoms with van der Waals surface area (Å²) in [6.07, 6.45) is 1.87. The predicted octanol–water partition coefficient (Wildman–Crippen LogP) is 3.82. The molecule has 0 N–H and O–H groups in total. The fourth-order valence-electron chi connectivity index (χ4n) is 3.57. The molecule has 1 unspecified atom stereocenters. The Balaban J connectivity index is 1.92. The molecule has 1 spiro atoms. The molecule has 0 amide bonds. The third kappa shape index (κ3) is 5.04. The van der Waals surface area contributed by atoms with Crippen LogP contribution in [0.3, 0.4) is 0 Å². The van der Waals surface area contributed by atoms with Gasteiger partial charge in [0.15, 0.2) is 15.6 Å². The summed E-state index contributed by atoms with van der Waals surface area (Å²) in [5.41, 5.74) is 0.0975. The summed E-state index contributed by atoms with van der Waals surface area (Å²) in [7, 11) is -3.85. The number of hydrogen-bond donors (Lipinski definition) is 0. The molecule has 1 aliphatic carbocycles. The molecule has 1 saturated heterocycles. The Labute approximate surface area is 181 Å². The normalized spacial score (nSPS) is 23.1. The molecule has 1 fully saturated rings. The molecule has 2 aliphatic rings. The zero-order chi connectivity index (χ0) is 22.2. The van der Waals surface area contributed by atoms with Crippen LogP contribution < -0.4 is 0 Å². The van der Waals surface area contributed by atoms with Crippen molar-refractivity contribution in [2.45, 2.75) is 50.4 Å². The van der Waals surface area contributed by atoms with Crippen LogP contribution in [0, 0.1) is 11.2 Å². The lowest BCUT2D eigenvalue weighted by atomic mass is 9.90. The van der Waals surface area contributed by atoms with Gasteiger partial charge in [0.05, 0.1) is 36.4 Å². The highest BCUT2D eigenvalue weighted by Crippen LogP contribution is 2.40. The maximum atomic E-state index is 13.3. The van der Waals surface area contributed by atoms with Crippen molar-refractivity contribution in [1.29, 1.82) is 0 Å². The van der Waals surface area contributed by atoms with Gasteiger partial charge in [0.25, 0.3) is 0 Å². The number of carbonyl (C=O) groups excluding carboxylic acids is 1.